The summed E-state index contributed by atoms with van der Waals surface area (Å²) >= 11 is 0. The number of hydrogen-bond acceptors (Lipinski definition) is 3. The van der Waals surface area contributed by atoms with E-state index in [2.05, 4.69) is 20.9 Å². The van der Waals surface area contributed by atoms with Gasteiger partial charge >= 0.3 is 0 Å². The van der Waals surface area contributed by atoms with Crippen LogP contribution in [0.3, 0.4) is 0 Å². The van der Waals surface area contributed by atoms with Gasteiger partial charge in [0.1, 0.15) is 0 Å². The van der Waals surface area contributed by atoms with E-state index in [-0.39, 0.29) is 11.8 Å². The largest absolute Gasteiger partial charge is 0.357 e. The molecule has 0 spiro atoms. The van der Waals surface area contributed by atoms with E-state index in [1.165, 1.54) is 0 Å². The smallest absolute Gasteiger partial charge is 0.224 e. The molecule has 0 aromatic heterocycles. The van der Waals surface area contributed by atoms with Gasteiger partial charge in [0.15, 0.2) is 5.96 Å². The number of aliphatic imine (C=N–C) groups is 1. The first-order valence-electron chi connectivity index (χ1n) is 10.3. The van der Waals surface area contributed by atoms with Crippen molar-refractivity contribution in [1.29, 1.82) is 0 Å². The number of guanidine groups is 1. The van der Waals surface area contributed by atoms with Gasteiger partial charge in [-0.1, -0.05) is 19.1 Å². The molecule has 1 aliphatic heterocycles. The summed E-state index contributed by atoms with van der Waals surface area (Å²) in [4.78, 5) is 29.8. The molecule has 0 atom stereocenters. The summed E-state index contributed by atoms with van der Waals surface area (Å²) in [6.07, 6.45) is 3.96. The molecule has 154 valence electrons. The van der Waals surface area contributed by atoms with Crippen molar-refractivity contribution in [3.05, 3.63) is 29.8 Å². The fourth-order valence-electron chi connectivity index (χ4n) is 3.07. The monoisotopic (exact) mass is 387 g/mol. The Kier molecular flexibility index (Phi) is 9.31. The number of benzene rings is 1. The lowest BCUT2D eigenvalue weighted by atomic mass is 10.2. The summed E-state index contributed by atoms with van der Waals surface area (Å²) < 4.78 is 0. The van der Waals surface area contributed by atoms with Crippen molar-refractivity contribution in [1.82, 2.24) is 15.5 Å². The van der Waals surface area contributed by atoms with E-state index in [0.29, 0.717) is 19.4 Å². The first-order chi connectivity index (χ1) is 13.6. The van der Waals surface area contributed by atoms with Gasteiger partial charge in [0.25, 0.3) is 0 Å². The fourth-order valence-corrected chi connectivity index (χ4v) is 3.07. The first-order valence-corrected chi connectivity index (χ1v) is 10.3. The fraction of sp³-hybridized carbons (Fsp3) is 0.571. The quantitative estimate of drug-likeness (QED) is 0.327. The van der Waals surface area contributed by atoms with Gasteiger partial charge in [-0.2, -0.15) is 0 Å². The third kappa shape index (κ3) is 7.58. The Balaban J connectivity index is 1.77. The normalized spacial score (nSPS) is 14.3. The van der Waals surface area contributed by atoms with Crippen LogP contribution in [0.5, 0.6) is 0 Å². The predicted molar refractivity (Wildman–Crippen MR) is 113 cm³/mol. The van der Waals surface area contributed by atoms with Crippen molar-refractivity contribution in [2.75, 3.05) is 31.5 Å². The van der Waals surface area contributed by atoms with Gasteiger partial charge in [0.05, 0.1) is 6.54 Å². The lowest BCUT2D eigenvalue weighted by Crippen LogP contribution is -2.39. The molecular weight excluding hydrogens is 354 g/mol. The summed E-state index contributed by atoms with van der Waals surface area (Å²) in [5.41, 5.74) is 1.89. The molecule has 7 heteroatoms. The van der Waals surface area contributed by atoms with Crippen LogP contribution in [0.2, 0.25) is 0 Å². The van der Waals surface area contributed by atoms with E-state index < -0.39 is 0 Å². The number of likely N-dealkylation sites (tertiary alicyclic amines) is 1. The number of amides is 2. The zero-order valence-corrected chi connectivity index (χ0v) is 17.1. The molecule has 3 N–H and O–H groups in total. The average Bonchev–Trinajstić information content (AvgIpc) is 3.09. The highest BCUT2D eigenvalue weighted by Crippen LogP contribution is 2.11. The van der Waals surface area contributed by atoms with Crippen LogP contribution in [0.15, 0.2) is 29.3 Å². The van der Waals surface area contributed by atoms with Crippen LogP contribution in [0.4, 0.5) is 5.69 Å². The van der Waals surface area contributed by atoms with E-state index in [9.17, 15) is 9.59 Å². The number of nitrogens with zero attached hydrogens (tertiary/aromatic N) is 2. The maximum atomic E-state index is 11.6. The molecule has 2 rings (SSSR count). The van der Waals surface area contributed by atoms with Gasteiger partial charge < -0.3 is 20.9 Å². The maximum Gasteiger partial charge on any atom is 0.224 e. The molecule has 0 aliphatic carbocycles. The number of nitrogens with one attached hydrogen (secondary N) is 3. The van der Waals surface area contributed by atoms with Crippen LogP contribution in [0, 0.1) is 0 Å². The first kappa shape index (κ1) is 21.7. The Bertz CT molecular complexity index is 657. The Morgan fingerprint density at radius 1 is 1.18 bits per heavy atom. The Morgan fingerprint density at radius 2 is 1.96 bits per heavy atom. The van der Waals surface area contributed by atoms with Crippen molar-refractivity contribution >= 4 is 23.5 Å². The average molecular weight is 388 g/mol. The Labute approximate surface area is 168 Å². The topological polar surface area (TPSA) is 85.8 Å². The van der Waals surface area contributed by atoms with Crippen LogP contribution in [0.25, 0.3) is 0 Å². The zero-order valence-electron chi connectivity index (χ0n) is 17.1. The second-order valence-corrected chi connectivity index (χ2v) is 6.95. The molecule has 0 radical (unpaired) electrons. The molecule has 1 fully saturated rings. The predicted octanol–water partition coefficient (Wildman–Crippen LogP) is 2.49. The van der Waals surface area contributed by atoms with Crippen molar-refractivity contribution in [2.24, 2.45) is 4.99 Å². The summed E-state index contributed by atoms with van der Waals surface area (Å²) in [7, 11) is 0. The molecule has 1 saturated heterocycles. The van der Waals surface area contributed by atoms with Crippen molar-refractivity contribution in [3.8, 4) is 0 Å². The molecule has 1 aromatic rings. The molecule has 0 bridgehead atoms. The minimum absolute atomic E-state index is 0.0440. The molecular formula is C21H33N5O2. The summed E-state index contributed by atoms with van der Waals surface area (Å²) in [6.45, 7) is 7.84. The second-order valence-electron chi connectivity index (χ2n) is 6.95. The minimum atomic E-state index is 0.0440. The van der Waals surface area contributed by atoms with Crippen molar-refractivity contribution in [3.63, 3.8) is 0 Å². The Morgan fingerprint density at radius 3 is 2.61 bits per heavy atom. The van der Waals surface area contributed by atoms with Gasteiger partial charge in [0, 0.05) is 44.7 Å². The number of carbonyl (C=O) groups excluding carboxylic acids is 2. The molecule has 2 amide bonds. The molecule has 28 heavy (non-hydrogen) atoms. The number of carbonyl (C=O) groups is 2. The van der Waals surface area contributed by atoms with Gasteiger partial charge in [-0.25, -0.2) is 4.99 Å². The van der Waals surface area contributed by atoms with Crippen molar-refractivity contribution < 1.29 is 9.59 Å². The third-order valence-corrected chi connectivity index (χ3v) is 4.55. The molecule has 1 aliphatic rings. The highest BCUT2D eigenvalue weighted by Gasteiger charge is 2.18. The number of rotatable bonds is 10. The van der Waals surface area contributed by atoms with E-state index in [4.69, 9.17) is 0 Å². The van der Waals surface area contributed by atoms with Crippen LogP contribution >= 0.6 is 0 Å². The van der Waals surface area contributed by atoms with E-state index in [1.807, 2.05) is 43.0 Å². The Hall–Kier alpha value is -2.57. The zero-order chi connectivity index (χ0) is 20.2. The highest BCUT2D eigenvalue weighted by molar-refractivity contribution is 5.90. The number of hydrogen-bond donors (Lipinski definition) is 3. The summed E-state index contributed by atoms with van der Waals surface area (Å²) in [6, 6.07) is 7.78. The standard InChI is InChI=1S/C21H33N5O2/c1-3-7-19(27)25-18-11-9-17(10-12-18)16-24-21(22-4-2)23-13-6-15-26-14-5-8-20(26)28/h9-12H,3-8,13-16H2,1-2H3,(H,25,27)(H2,22,23,24). The van der Waals surface area contributed by atoms with Crippen LogP contribution in [-0.2, 0) is 16.1 Å². The lowest BCUT2D eigenvalue weighted by Gasteiger charge is -2.16. The van der Waals surface area contributed by atoms with Gasteiger partial charge in [-0.05, 0) is 43.9 Å². The third-order valence-electron chi connectivity index (χ3n) is 4.55. The molecule has 0 unspecified atom stereocenters. The molecule has 1 aromatic carbocycles. The molecule has 0 saturated carbocycles. The second kappa shape index (κ2) is 12.0. The van der Waals surface area contributed by atoms with E-state index >= 15 is 0 Å². The van der Waals surface area contributed by atoms with Crippen LogP contribution in [-0.4, -0.2) is 48.9 Å². The summed E-state index contributed by atoms with van der Waals surface area (Å²) in [5.74, 6) is 1.09. The van der Waals surface area contributed by atoms with Crippen molar-refractivity contribution in [2.45, 2.75) is 52.5 Å². The van der Waals surface area contributed by atoms with Crippen LogP contribution in [0.1, 0.15) is 51.5 Å². The summed E-state index contributed by atoms with van der Waals surface area (Å²) in [5, 5.41) is 9.46. The SMILES string of the molecule is CCCC(=O)Nc1ccc(CN=C(NCC)NCCCN2CCCC2=O)cc1. The number of anilines is 1. The van der Waals surface area contributed by atoms with E-state index in [0.717, 1.165) is 62.7 Å². The lowest BCUT2D eigenvalue weighted by molar-refractivity contribution is -0.127. The molecule has 1 heterocycles. The van der Waals surface area contributed by atoms with E-state index in [1.54, 1.807) is 0 Å². The maximum absolute atomic E-state index is 11.6. The van der Waals surface area contributed by atoms with Gasteiger partial charge in [-0.3, -0.25) is 9.59 Å². The van der Waals surface area contributed by atoms with Crippen LogP contribution < -0.4 is 16.0 Å². The van der Waals surface area contributed by atoms with Gasteiger partial charge in [0.2, 0.25) is 11.8 Å². The minimum Gasteiger partial charge on any atom is -0.357 e. The molecule has 7 nitrogen and oxygen atoms in total. The highest BCUT2D eigenvalue weighted by atomic mass is 16.2. The van der Waals surface area contributed by atoms with Gasteiger partial charge in [-0.15, -0.1) is 0 Å².